The molecule has 1 fully saturated rings. The van der Waals surface area contributed by atoms with Crippen molar-refractivity contribution in [1.29, 1.82) is 0 Å². The number of nitrogens with zero attached hydrogens (tertiary/aromatic N) is 3. The van der Waals surface area contributed by atoms with Crippen molar-refractivity contribution in [3.63, 3.8) is 0 Å². The molecule has 1 saturated heterocycles. The van der Waals surface area contributed by atoms with Gasteiger partial charge in [0.15, 0.2) is 0 Å². The number of hydrogen-bond acceptors (Lipinski definition) is 5. The third-order valence-corrected chi connectivity index (χ3v) is 5.19. The van der Waals surface area contributed by atoms with E-state index in [4.69, 9.17) is 9.47 Å². The lowest BCUT2D eigenvalue weighted by molar-refractivity contribution is -0.132. The Labute approximate surface area is 176 Å². The summed E-state index contributed by atoms with van der Waals surface area (Å²) in [5.41, 5.74) is 2.34. The number of rotatable bonds is 6. The highest BCUT2D eigenvalue weighted by atomic mass is 16.5. The number of hydrogen-bond donors (Lipinski definition) is 1. The normalized spacial score (nSPS) is 13.6. The number of likely N-dealkylation sites (tertiary alicyclic amines) is 1. The van der Waals surface area contributed by atoms with Crippen LogP contribution in [-0.2, 0) is 4.79 Å². The Morgan fingerprint density at radius 2 is 1.83 bits per heavy atom. The van der Waals surface area contributed by atoms with Crippen LogP contribution >= 0.6 is 0 Å². The zero-order valence-electron chi connectivity index (χ0n) is 18.0. The van der Waals surface area contributed by atoms with Gasteiger partial charge >= 0.3 is 6.03 Å². The summed E-state index contributed by atoms with van der Waals surface area (Å²) in [6, 6.07) is 10.8. The summed E-state index contributed by atoms with van der Waals surface area (Å²) in [7, 11) is 3.00. The minimum absolute atomic E-state index is 0.00442. The number of para-hydroxylation sites is 1. The molecule has 3 rings (SSSR count). The molecule has 0 atom stereocenters. The second kappa shape index (κ2) is 9.02. The molecule has 3 amide bonds. The number of carbonyl (C=O) groups is 2. The van der Waals surface area contributed by atoms with E-state index < -0.39 is 0 Å². The van der Waals surface area contributed by atoms with Crippen molar-refractivity contribution in [2.75, 3.05) is 37.5 Å². The lowest BCUT2D eigenvalue weighted by Gasteiger charge is -2.45. The predicted octanol–water partition coefficient (Wildman–Crippen LogP) is 3.49. The zero-order chi connectivity index (χ0) is 21.8. The van der Waals surface area contributed by atoms with E-state index in [9.17, 15) is 9.59 Å². The molecule has 0 spiro atoms. The van der Waals surface area contributed by atoms with E-state index in [1.165, 1.54) is 21.1 Å². The van der Waals surface area contributed by atoms with E-state index in [-0.39, 0.29) is 29.8 Å². The summed E-state index contributed by atoms with van der Waals surface area (Å²) in [6.07, 6.45) is 0. The standard InChI is InChI=1S/C22H28N4O4/c1-14(2)17-8-6-7-9-19(17)26(16-12-25(13-16)15(3)27)22(28)23-18-10-11-20(29-4)24-21(18)30-5/h6-11,14,16H,12-13H2,1-5H3,(H,23,28). The van der Waals surface area contributed by atoms with Crippen molar-refractivity contribution in [1.82, 2.24) is 9.88 Å². The van der Waals surface area contributed by atoms with E-state index in [0.29, 0.717) is 24.7 Å². The Morgan fingerprint density at radius 1 is 1.13 bits per heavy atom. The van der Waals surface area contributed by atoms with Crippen LogP contribution in [-0.4, -0.2) is 55.2 Å². The zero-order valence-corrected chi connectivity index (χ0v) is 18.0. The van der Waals surface area contributed by atoms with Crippen LogP contribution in [0.25, 0.3) is 0 Å². The number of aromatic nitrogens is 1. The average molecular weight is 412 g/mol. The monoisotopic (exact) mass is 412 g/mol. The maximum absolute atomic E-state index is 13.4. The van der Waals surface area contributed by atoms with Crippen LogP contribution in [0.1, 0.15) is 32.3 Å². The van der Waals surface area contributed by atoms with Crippen LogP contribution in [0.2, 0.25) is 0 Å². The summed E-state index contributed by atoms with van der Waals surface area (Å²) in [5.74, 6) is 0.893. The van der Waals surface area contributed by atoms with Gasteiger partial charge in [-0.1, -0.05) is 32.0 Å². The number of benzene rings is 1. The van der Waals surface area contributed by atoms with Gasteiger partial charge in [-0.2, -0.15) is 4.98 Å². The fourth-order valence-electron chi connectivity index (χ4n) is 3.51. The lowest BCUT2D eigenvalue weighted by Crippen LogP contribution is -2.63. The molecule has 2 heterocycles. The van der Waals surface area contributed by atoms with Crippen LogP contribution in [0.3, 0.4) is 0 Å². The number of nitrogens with one attached hydrogen (secondary N) is 1. The van der Waals surface area contributed by atoms with Gasteiger partial charge in [0.2, 0.25) is 17.7 Å². The van der Waals surface area contributed by atoms with Crippen molar-refractivity contribution in [2.24, 2.45) is 0 Å². The van der Waals surface area contributed by atoms with E-state index in [2.05, 4.69) is 24.1 Å². The first-order valence-electron chi connectivity index (χ1n) is 9.89. The van der Waals surface area contributed by atoms with Gasteiger partial charge in [0.25, 0.3) is 0 Å². The summed E-state index contributed by atoms with van der Waals surface area (Å²) >= 11 is 0. The first-order chi connectivity index (χ1) is 14.3. The molecule has 1 aromatic heterocycles. The molecule has 1 aliphatic rings. The minimum atomic E-state index is -0.304. The van der Waals surface area contributed by atoms with Crippen LogP contribution in [0.4, 0.5) is 16.2 Å². The summed E-state index contributed by atoms with van der Waals surface area (Å²) in [4.78, 5) is 32.8. The topological polar surface area (TPSA) is 84.0 Å². The number of anilines is 2. The Bertz CT molecular complexity index is 925. The molecule has 0 aliphatic carbocycles. The molecule has 0 radical (unpaired) electrons. The van der Waals surface area contributed by atoms with Crippen molar-refractivity contribution in [2.45, 2.75) is 32.7 Å². The Morgan fingerprint density at radius 3 is 2.43 bits per heavy atom. The van der Waals surface area contributed by atoms with Crippen LogP contribution in [0.5, 0.6) is 11.8 Å². The molecule has 8 nitrogen and oxygen atoms in total. The number of methoxy groups -OCH3 is 2. The van der Waals surface area contributed by atoms with Gasteiger partial charge in [-0.15, -0.1) is 0 Å². The first-order valence-corrected chi connectivity index (χ1v) is 9.89. The second-order valence-corrected chi connectivity index (χ2v) is 7.50. The Balaban J connectivity index is 1.93. The molecule has 160 valence electrons. The van der Waals surface area contributed by atoms with Crippen LogP contribution < -0.4 is 19.7 Å². The van der Waals surface area contributed by atoms with E-state index in [1.54, 1.807) is 21.9 Å². The van der Waals surface area contributed by atoms with Gasteiger partial charge in [-0.25, -0.2) is 4.79 Å². The van der Waals surface area contributed by atoms with Gasteiger partial charge in [0, 0.05) is 31.8 Å². The van der Waals surface area contributed by atoms with Gasteiger partial charge in [-0.05, 0) is 23.6 Å². The third kappa shape index (κ3) is 4.32. The number of amides is 3. The van der Waals surface area contributed by atoms with Gasteiger partial charge < -0.3 is 19.7 Å². The molecule has 1 N–H and O–H groups in total. The molecule has 8 heteroatoms. The predicted molar refractivity (Wildman–Crippen MR) is 115 cm³/mol. The molecular formula is C22H28N4O4. The van der Waals surface area contributed by atoms with E-state index in [1.807, 2.05) is 24.3 Å². The van der Waals surface area contributed by atoms with Gasteiger partial charge in [-0.3, -0.25) is 9.69 Å². The Hall–Kier alpha value is -3.29. The molecule has 2 aromatic rings. The van der Waals surface area contributed by atoms with E-state index in [0.717, 1.165) is 11.3 Å². The molecule has 0 unspecified atom stereocenters. The Kier molecular flexibility index (Phi) is 6.44. The van der Waals surface area contributed by atoms with E-state index >= 15 is 0 Å². The number of urea groups is 1. The minimum Gasteiger partial charge on any atom is -0.481 e. The molecule has 1 aliphatic heterocycles. The smallest absolute Gasteiger partial charge is 0.326 e. The van der Waals surface area contributed by atoms with Gasteiger partial charge in [0.05, 0.1) is 20.3 Å². The van der Waals surface area contributed by atoms with Gasteiger partial charge in [0.1, 0.15) is 5.69 Å². The molecular weight excluding hydrogens is 384 g/mol. The summed E-state index contributed by atoms with van der Waals surface area (Å²) < 4.78 is 10.4. The second-order valence-electron chi connectivity index (χ2n) is 7.50. The van der Waals surface area contributed by atoms with Crippen LogP contribution in [0.15, 0.2) is 36.4 Å². The SMILES string of the molecule is COc1ccc(NC(=O)N(c2ccccc2C(C)C)C2CN(C(C)=O)C2)c(OC)n1. The number of ether oxygens (including phenoxy) is 2. The first kappa shape index (κ1) is 21.4. The largest absolute Gasteiger partial charge is 0.481 e. The summed E-state index contributed by atoms with van der Waals surface area (Å²) in [5, 5.41) is 2.91. The maximum Gasteiger partial charge on any atom is 0.326 e. The maximum atomic E-state index is 13.4. The molecule has 0 bridgehead atoms. The van der Waals surface area contributed by atoms with Crippen molar-refractivity contribution in [3.05, 3.63) is 42.0 Å². The molecule has 0 saturated carbocycles. The fourth-order valence-corrected chi connectivity index (χ4v) is 3.51. The van der Waals surface area contributed by atoms with Crippen LogP contribution in [0, 0.1) is 0 Å². The third-order valence-electron chi connectivity index (χ3n) is 5.19. The van der Waals surface area contributed by atoms with Crippen molar-refractivity contribution < 1.29 is 19.1 Å². The summed E-state index contributed by atoms with van der Waals surface area (Å²) in [6.45, 7) is 6.71. The highest BCUT2D eigenvalue weighted by Crippen LogP contribution is 2.33. The number of carbonyl (C=O) groups excluding carboxylic acids is 2. The highest BCUT2D eigenvalue weighted by molar-refractivity contribution is 6.03. The average Bonchev–Trinajstić information content (AvgIpc) is 2.70. The lowest BCUT2D eigenvalue weighted by atomic mass is 9.98. The van der Waals surface area contributed by atoms with Crippen molar-refractivity contribution >= 4 is 23.3 Å². The molecule has 1 aromatic carbocycles. The number of pyridine rings is 1. The quantitative estimate of drug-likeness (QED) is 0.785. The van der Waals surface area contributed by atoms with Crippen molar-refractivity contribution in [3.8, 4) is 11.8 Å². The molecule has 30 heavy (non-hydrogen) atoms. The fraction of sp³-hybridized carbons (Fsp3) is 0.409. The highest BCUT2D eigenvalue weighted by Gasteiger charge is 2.38.